The molecule has 0 aromatic heterocycles. The second-order valence-corrected chi connectivity index (χ2v) is 5.21. The first kappa shape index (κ1) is 15.4. The topological polar surface area (TPSA) is 55.8 Å². The average Bonchev–Trinajstić information content (AvgIpc) is 2.88. The van der Waals surface area contributed by atoms with Gasteiger partial charge < -0.3 is 9.47 Å². The molecule has 0 unspecified atom stereocenters. The van der Waals surface area contributed by atoms with E-state index in [1.165, 1.54) is 7.11 Å². The first-order chi connectivity index (χ1) is 10.2. The molecule has 1 aromatic carbocycles. The summed E-state index contributed by atoms with van der Waals surface area (Å²) in [6, 6.07) is 9.73. The van der Waals surface area contributed by atoms with Crippen LogP contribution in [0, 0.1) is 5.92 Å². The molecule has 1 aliphatic rings. The number of ether oxygens (including phenoxy) is 2. The molecule has 5 nitrogen and oxygen atoms in total. The van der Waals surface area contributed by atoms with Gasteiger partial charge in [0, 0.05) is 13.0 Å². The monoisotopic (exact) mass is 291 g/mol. The Morgan fingerprint density at radius 1 is 1.43 bits per heavy atom. The minimum Gasteiger partial charge on any atom is -0.469 e. The first-order valence-electron chi connectivity index (χ1n) is 7.20. The lowest BCUT2D eigenvalue weighted by Gasteiger charge is -2.25. The van der Waals surface area contributed by atoms with Crippen molar-refractivity contribution in [1.82, 2.24) is 4.90 Å². The Morgan fingerprint density at radius 2 is 2.14 bits per heavy atom. The number of carbonyl (C=O) groups is 2. The number of benzene rings is 1. The summed E-state index contributed by atoms with van der Waals surface area (Å²) in [6.45, 7) is 2.87. The predicted molar refractivity (Wildman–Crippen MR) is 77.7 cm³/mol. The summed E-state index contributed by atoms with van der Waals surface area (Å²) in [5.74, 6) is -0.167. The zero-order chi connectivity index (χ0) is 15.2. The highest BCUT2D eigenvalue weighted by Crippen LogP contribution is 2.29. The number of amides is 1. The van der Waals surface area contributed by atoms with Gasteiger partial charge in [0.2, 0.25) is 0 Å². The molecule has 2 rings (SSSR count). The summed E-state index contributed by atoms with van der Waals surface area (Å²) >= 11 is 0. The summed E-state index contributed by atoms with van der Waals surface area (Å²) in [6.07, 6.45) is 0.811. The van der Waals surface area contributed by atoms with Gasteiger partial charge in [0.1, 0.15) is 6.61 Å². The Bertz CT molecular complexity index is 488. The molecule has 1 aliphatic heterocycles. The van der Waals surface area contributed by atoms with Crippen LogP contribution in [0.1, 0.15) is 31.4 Å². The fourth-order valence-electron chi connectivity index (χ4n) is 2.54. The van der Waals surface area contributed by atoms with Crippen LogP contribution in [-0.2, 0) is 14.3 Å². The quantitative estimate of drug-likeness (QED) is 0.756. The highest BCUT2D eigenvalue weighted by Gasteiger charge is 2.35. The molecule has 21 heavy (non-hydrogen) atoms. The van der Waals surface area contributed by atoms with Gasteiger partial charge in [0.15, 0.2) is 0 Å². The molecule has 0 aliphatic carbocycles. The Kier molecular flexibility index (Phi) is 5.20. The van der Waals surface area contributed by atoms with Crippen LogP contribution in [0.25, 0.3) is 0 Å². The normalized spacial score (nSPS) is 19.2. The fourth-order valence-corrected chi connectivity index (χ4v) is 2.54. The van der Waals surface area contributed by atoms with Gasteiger partial charge in [0.25, 0.3) is 0 Å². The molecule has 1 saturated heterocycles. The van der Waals surface area contributed by atoms with Gasteiger partial charge in [-0.2, -0.15) is 0 Å². The lowest BCUT2D eigenvalue weighted by Crippen LogP contribution is -2.33. The third kappa shape index (κ3) is 3.74. The summed E-state index contributed by atoms with van der Waals surface area (Å²) in [5.41, 5.74) is 1.05. The summed E-state index contributed by atoms with van der Waals surface area (Å²) in [5, 5.41) is 0. The van der Waals surface area contributed by atoms with Crippen molar-refractivity contribution in [1.29, 1.82) is 0 Å². The van der Waals surface area contributed by atoms with E-state index in [4.69, 9.17) is 9.47 Å². The Labute approximate surface area is 124 Å². The zero-order valence-corrected chi connectivity index (χ0v) is 12.5. The number of hydrogen-bond donors (Lipinski definition) is 0. The number of cyclic esters (lactones) is 1. The summed E-state index contributed by atoms with van der Waals surface area (Å²) in [4.78, 5) is 25.1. The van der Waals surface area contributed by atoms with Gasteiger partial charge in [-0.05, 0) is 11.5 Å². The van der Waals surface area contributed by atoms with Gasteiger partial charge in [-0.25, -0.2) is 4.79 Å². The van der Waals surface area contributed by atoms with Crippen molar-refractivity contribution in [2.24, 2.45) is 5.92 Å². The number of methoxy groups -OCH3 is 1. The van der Waals surface area contributed by atoms with Gasteiger partial charge in [-0.15, -0.1) is 0 Å². The predicted octanol–water partition coefficient (Wildman–Crippen LogP) is 2.77. The zero-order valence-electron chi connectivity index (χ0n) is 12.5. The van der Waals surface area contributed by atoms with E-state index in [1.807, 2.05) is 37.3 Å². The van der Waals surface area contributed by atoms with E-state index >= 15 is 0 Å². The Morgan fingerprint density at radius 3 is 2.76 bits per heavy atom. The smallest absolute Gasteiger partial charge is 0.410 e. The maximum absolute atomic E-state index is 12.0. The molecular weight excluding hydrogens is 270 g/mol. The van der Waals surface area contributed by atoms with Gasteiger partial charge >= 0.3 is 12.1 Å². The molecule has 0 bridgehead atoms. The summed E-state index contributed by atoms with van der Waals surface area (Å²) < 4.78 is 9.89. The molecule has 0 N–H and O–H groups in total. The third-order valence-electron chi connectivity index (χ3n) is 3.88. The van der Waals surface area contributed by atoms with Crippen LogP contribution in [0.2, 0.25) is 0 Å². The van der Waals surface area contributed by atoms with E-state index < -0.39 is 0 Å². The minimum atomic E-state index is -0.313. The molecule has 1 fully saturated rings. The van der Waals surface area contributed by atoms with E-state index in [9.17, 15) is 9.59 Å². The van der Waals surface area contributed by atoms with Gasteiger partial charge in [0.05, 0.1) is 13.2 Å². The molecular formula is C16H21NO4. The Hall–Kier alpha value is -2.04. The van der Waals surface area contributed by atoms with Crippen molar-refractivity contribution in [3.05, 3.63) is 35.9 Å². The molecule has 1 amide bonds. The Balaban J connectivity index is 2.08. The number of carbonyl (C=O) groups excluding carboxylic acids is 2. The van der Waals surface area contributed by atoms with Crippen LogP contribution in [0.4, 0.5) is 4.79 Å². The van der Waals surface area contributed by atoms with E-state index in [2.05, 4.69) is 0 Å². The van der Waals surface area contributed by atoms with Crippen LogP contribution >= 0.6 is 0 Å². The van der Waals surface area contributed by atoms with Crippen LogP contribution in [0.3, 0.4) is 0 Å². The van der Waals surface area contributed by atoms with Crippen molar-refractivity contribution in [3.8, 4) is 0 Å². The van der Waals surface area contributed by atoms with E-state index in [1.54, 1.807) is 4.90 Å². The standard InChI is InChI=1S/C16H21NO4/c1-3-12(9-15(18)20-2)10-17-14(11-21-16(17)19)13-7-5-4-6-8-13/h4-8,12,14H,3,9-11H2,1-2H3/t12-,14-/m1/s1. The van der Waals surface area contributed by atoms with Crippen LogP contribution in [-0.4, -0.2) is 37.2 Å². The third-order valence-corrected chi connectivity index (χ3v) is 3.88. The maximum Gasteiger partial charge on any atom is 0.410 e. The SMILES string of the molecule is CC[C@H](CC(=O)OC)CN1C(=O)OC[C@@H]1c1ccccc1. The molecule has 1 aromatic rings. The highest BCUT2D eigenvalue weighted by molar-refractivity contribution is 5.71. The molecule has 0 saturated carbocycles. The second kappa shape index (κ2) is 7.11. The first-order valence-corrected chi connectivity index (χ1v) is 7.20. The van der Waals surface area contributed by atoms with Crippen molar-refractivity contribution in [3.63, 3.8) is 0 Å². The average molecular weight is 291 g/mol. The maximum atomic E-state index is 12.0. The van der Waals surface area contributed by atoms with Crippen molar-refractivity contribution >= 4 is 12.1 Å². The summed E-state index contributed by atoms with van der Waals surface area (Å²) in [7, 11) is 1.38. The van der Waals surface area contributed by atoms with Crippen molar-refractivity contribution < 1.29 is 19.1 Å². The number of esters is 1. The van der Waals surface area contributed by atoms with Crippen molar-refractivity contribution in [2.75, 3.05) is 20.3 Å². The molecule has 0 spiro atoms. The van der Waals surface area contributed by atoms with Crippen LogP contribution in [0.15, 0.2) is 30.3 Å². The molecule has 2 atom stereocenters. The molecule has 5 heteroatoms. The van der Waals surface area contributed by atoms with Crippen LogP contribution in [0.5, 0.6) is 0 Å². The lowest BCUT2D eigenvalue weighted by molar-refractivity contribution is -0.141. The molecule has 0 radical (unpaired) electrons. The van der Waals surface area contributed by atoms with E-state index in [-0.39, 0.29) is 24.0 Å². The number of nitrogens with zero attached hydrogens (tertiary/aromatic N) is 1. The van der Waals surface area contributed by atoms with Gasteiger partial charge in [-0.1, -0.05) is 43.7 Å². The molecule has 114 valence electrons. The largest absolute Gasteiger partial charge is 0.469 e. The van der Waals surface area contributed by atoms with E-state index in [0.717, 1.165) is 12.0 Å². The van der Waals surface area contributed by atoms with E-state index in [0.29, 0.717) is 19.6 Å². The van der Waals surface area contributed by atoms with Crippen molar-refractivity contribution in [2.45, 2.75) is 25.8 Å². The number of hydrogen-bond acceptors (Lipinski definition) is 4. The highest BCUT2D eigenvalue weighted by atomic mass is 16.6. The molecule has 1 heterocycles. The lowest BCUT2D eigenvalue weighted by atomic mass is 10.00. The minimum absolute atomic E-state index is 0.0781. The second-order valence-electron chi connectivity index (χ2n) is 5.21. The van der Waals surface area contributed by atoms with Crippen LogP contribution < -0.4 is 0 Å². The number of rotatable bonds is 6. The van der Waals surface area contributed by atoms with Gasteiger partial charge in [-0.3, -0.25) is 9.69 Å². The fraction of sp³-hybridized carbons (Fsp3) is 0.500.